The standard InChI is InChI=1S/C16H22ClNO2S/c1-18(11-12-9-14(19)10-12)16(20)3-2-8-21-15-6-4-13(17)5-7-15/h4-7,12,14,19H,2-3,8-11H2,1H3. The predicted octanol–water partition coefficient (Wildman–Crippen LogP) is 3.44. The number of hydrogen-bond acceptors (Lipinski definition) is 3. The van der Waals surface area contributed by atoms with Gasteiger partial charge in [-0.05, 0) is 55.2 Å². The van der Waals surface area contributed by atoms with Crippen molar-refractivity contribution in [3.05, 3.63) is 29.3 Å². The van der Waals surface area contributed by atoms with E-state index in [0.717, 1.165) is 36.6 Å². The van der Waals surface area contributed by atoms with E-state index in [9.17, 15) is 9.90 Å². The molecule has 1 saturated carbocycles. The normalized spacial score (nSPS) is 20.9. The smallest absolute Gasteiger partial charge is 0.222 e. The summed E-state index contributed by atoms with van der Waals surface area (Å²) < 4.78 is 0. The van der Waals surface area contributed by atoms with Gasteiger partial charge in [0.1, 0.15) is 0 Å². The molecule has 0 spiro atoms. The fraction of sp³-hybridized carbons (Fsp3) is 0.562. The fourth-order valence-corrected chi connectivity index (χ4v) is 3.45. The maximum atomic E-state index is 12.0. The van der Waals surface area contributed by atoms with Crippen LogP contribution >= 0.6 is 23.4 Å². The molecule has 21 heavy (non-hydrogen) atoms. The maximum Gasteiger partial charge on any atom is 0.222 e. The van der Waals surface area contributed by atoms with Crippen molar-refractivity contribution in [3.8, 4) is 0 Å². The Morgan fingerprint density at radius 2 is 2.05 bits per heavy atom. The summed E-state index contributed by atoms with van der Waals surface area (Å²) in [5.41, 5.74) is 0. The van der Waals surface area contributed by atoms with E-state index >= 15 is 0 Å². The van der Waals surface area contributed by atoms with Crippen molar-refractivity contribution in [2.75, 3.05) is 19.3 Å². The lowest BCUT2D eigenvalue weighted by Crippen LogP contribution is -2.39. The second-order valence-electron chi connectivity index (χ2n) is 5.67. The number of rotatable bonds is 7. The molecule has 1 N–H and O–H groups in total. The largest absolute Gasteiger partial charge is 0.393 e. The molecule has 5 heteroatoms. The van der Waals surface area contributed by atoms with Gasteiger partial charge in [-0.2, -0.15) is 0 Å². The number of carbonyl (C=O) groups excluding carboxylic acids is 1. The zero-order valence-corrected chi connectivity index (χ0v) is 13.9. The van der Waals surface area contributed by atoms with Gasteiger partial charge in [0.25, 0.3) is 0 Å². The molecule has 0 heterocycles. The Morgan fingerprint density at radius 3 is 2.67 bits per heavy atom. The van der Waals surface area contributed by atoms with Crippen LogP contribution in [0.15, 0.2) is 29.2 Å². The lowest BCUT2D eigenvalue weighted by molar-refractivity contribution is -0.131. The fourth-order valence-electron chi connectivity index (χ4n) is 2.47. The molecule has 0 bridgehead atoms. The van der Waals surface area contributed by atoms with E-state index in [1.54, 1.807) is 11.8 Å². The van der Waals surface area contributed by atoms with Crippen molar-refractivity contribution in [1.29, 1.82) is 0 Å². The van der Waals surface area contributed by atoms with Crippen molar-refractivity contribution in [2.45, 2.75) is 36.7 Å². The van der Waals surface area contributed by atoms with Gasteiger partial charge < -0.3 is 10.0 Å². The molecule has 3 nitrogen and oxygen atoms in total. The summed E-state index contributed by atoms with van der Waals surface area (Å²) >= 11 is 7.59. The molecule has 1 amide bonds. The number of aliphatic hydroxyl groups is 1. The lowest BCUT2D eigenvalue weighted by atomic mass is 9.82. The minimum atomic E-state index is -0.144. The Labute approximate surface area is 135 Å². The topological polar surface area (TPSA) is 40.5 Å². The molecule has 0 atom stereocenters. The van der Waals surface area contributed by atoms with E-state index in [2.05, 4.69) is 0 Å². The van der Waals surface area contributed by atoms with Crippen molar-refractivity contribution in [2.24, 2.45) is 5.92 Å². The van der Waals surface area contributed by atoms with Gasteiger partial charge in [0.05, 0.1) is 6.10 Å². The summed E-state index contributed by atoms with van der Waals surface area (Å²) in [7, 11) is 1.86. The molecule has 0 aromatic heterocycles. The number of hydrogen-bond donors (Lipinski definition) is 1. The van der Waals surface area contributed by atoms with E-state index in [-0.39, 0.29) is 12.0 Å². The third-order valence-corrected chi connectivity index (χ3v) is 5.14. The van der Waals surface area contributed by atoms with Crippen molar-refractivity contribution in [3.63, 3.8) is 0 Å². The molecule has 0 aliphatic heterocycles. The van der Waals surface area contributed by atoms with E-state index in [1.165, 1.54) is 4.90 Å². The van der Waals surface area contributed by atoms with Gasteiger partial charge in [0.15, 0.2) is 0 Å². The first kappa shape index (κ1) is 16.7. The SMILES string of the molecule is CN(CC1CC(O)C1)C(=O)CCCSc1ccc(Cl)cc1. The Hall–Kier alpha value is -0.710. The minimum absolute atomic E-state index is 0.144. The van der Waals surface area contributed by atoms with Crippen LogP contribution in [0.4, 0.5) is 0 Å². The average Bonchev–Trinajstić information content (AvgIpc) is 2.43. The number of thioether (sulfide) groups is 1. The lowest BCUT2D eigenvalue weighted by Gasteiger charge is -2.34. The monoisotopic (exact) mass is 327 g/mol. The van der Waals surface area contributed by atoms with Crippen LogP contribution in [0.2, 0.25) is 5.02 Å². The number of carbonyl (C=O) groups is 1. The molecule has 1 aromatic carbocycles. The van der Waals surface area contributed by atoms with Gasteiger partial charge in [0, 0.05) is 29.9 Å². The quantitative estimate of drug-likeness (QED) is 0.616. The summed E-state index contributed by atoms with van der Waals surface area (Å²) in [6, 6.07) is 7.78. The van der Waals surface area contributed by atoms with E-state index in [4.69, 9.17) is 11.6 Å². The Balaban J connectivity index is 1.59. The van der Waals surface area contributed by atoms with Crippen LogP contribution in [0, 0.1) is 5.92 Å². The number of halogens is 1. The first-order valence-corrected chi connectivity index (χ1v) is 8.71. The predicted molar refractivity (Wildman–Crippen MR) is 87.8 cm³/mol. The molecule has 116 valence electrons. The third kappa shape index (κ3) is 5.53. The second-order valence-corrected chi connectivity index (χ2v) is 7.28. The van der Waals surface area contributed by atoms with E-state index < -0.39 is 0 Å². The summed E-state index contributed by atoms with van der Waals surface area (Å²) in [5, 5.41) is 10.0. The highest BCUT2D eigenvalue weighted by Gasteiger charge is 2.28. The third-order valence-electron chi connectivity index (χ3n) is 3.79. The number of benzene rings is 1. The molecule has 1 aromatic rings. The van der Waals surface area contributed by atoms with Gasteiger partial charge in [-0.1, -0.05) is 11.6 Å². The van der Waals surface area contributed by atoms with Crippen LogP contribution in [0.5, 0.6) is 0 Å². The second kappa shape index (κ2) is 8.06. The van der Waals surface area contributed by atoms with E-state index in [0.29, 0.717) is 12.3 Å². The number of nitrogens with zero attached hydrogens (tertiary/aromatic N) is 1. The highest BCUT2D eigenvalue weighted by atomic mass is 35.5. The van der Waals surface area contributed by atoms with Crippen LogP contribution in [0.25, 0.3) is 0 Å². The molecule has 0 radical (unpaired) electrons. The zero-order valence-electron chi connectivity index (χ0n) is 12.3. The minimum Gasteiger partial charge on any atom is -0.393 e. The number of amides is 1. The van der Waals surface area contributed by atoms with Gasteiger partial charge in [0.2, 0.25) is 5.91 Å². The van der Waals surface area contributed by atoms with Crippen LogP contribution in [0.1, 0.15) is 25.7 Å². The molecule has 1 aliphatic rings. The van der Waals surface area contributed by atoms with Gasteiger partial charge in [-0.15, -0.1) is 11.8 Å². The first-order chi connectivity index (χ1) is 10.0. The summed E-state index contributed by atoms with van der Waals surface area (Å²) in [4.78, 5) is 15.0. The average molecular weight is 328 g/mol. The van der Waals surface area contributed by atoms with Crippen LogP contribution in [0.3, 0.4) is 0 Å². The van der Waals surface area contributed by atoms with Gasteiger partial charge >= 0.3 is 0 Å². The maximum absolute atomic E-state index is 12.0. The summed E-state index contributed by atoms with van der Waals surface area (Å²) in [5.74, 6) is 1.62. The van der Waals surface area contributed by atoms with E-state index in [1.807, 2.05) is 36.2 Å². The highest BCUT2D eigenvalue weighted by molar-refractivity contribution is 7.99. The molecule has 0 unspecified atom stereocenters. The molecular formula is C16H22ClNO2S. The molecule has 0 saturated heterocycles. The molecular weight excluding hydrogens is 306 g/mol. The first-order valence-electron chi connectivity index (χ1n) is 7.35. The Kier molecular flexibility index (Phi) is 6.40. The summed E-state index contributed by atoms with van der Waals surface area (Å²) in [6.07, 6.45) is 3.00. The molecule has 1 aliphatic carbocycles. The summed E-state index contributed by atoms with van der Waals surface area (Å²) in [6.45, 7) is 0.778. The Bertz CT molecular complexity index is 460. The highest BCUT2D eigenvalue weighted by Crippen LogP contribution is 2.27. The van der Waals surface area contributed by atoms with Crippen molar-refractivity contribution in [1.82, 2.24) is 4.90 Å². The van der Waals surface area contributed by atoms with Crippen molar-refractivity contribution < 1.29 is 9.90 Å². The molecule has 1 fully saturated rings. The van der Waals surface area contributed by atoms with Crippen LogP contribution in [-0.2, 0) is 4.79 Å². The van der Waals surface area contributed by atoms with Crippen molar-refractivity contribution >= 4 is 29.3 Å². The Morgan fingerprint density at radius 1 is 1.38 bits per heavy atom. The number of aliphatic hydroxyl groups excluding tert-OH is 1. The van der Waals surface area contributed by atoms with Crippen LogP contribution in [-0.4, -0.2) is 41.4 Å². The molecule has 2 rings (SSSR count). The van der Waals surface area contributed by atoms with Gasteiger partial charge in [-0.3, -0.25) is 4.79 Å². The van der Waals surface area contributed by atoms with Gasteiger partial charge in [-0.25, -0.2) is 0 Å². The van der Waals surface area contributed by atoms with Crippen LogP contribution < -0.4 is 0 Å². The zero-order chi connectivity index (χ0) is 15.2.